The van der Waals surface area contributed by atoms with E-state index in [1.807, 2.05) is 48.5 Å². The molecule has 0 aliphatic carbocycles. The van der Waals surface area contributed by atoms with Crippen LogP contribution in [0.25, 0.3) is 5.70 Å². The molecule has 0 saturated carbocycles. The fourth-order valence-corrected chi connectivity index (χ4v) is 3.64. The predicted molar refractivity (Wildman–Crippen MR) is 148 cm³/mol. The maximum Gasteiger partial charge on any atom is 0.268 e. The number of aliphatic hydroxyl groups excluding tert-OH is 1. The van der Waals surface area contributed by atoms with Crippen LogP contribution >= 0.6 is 11.6 Å². The summed E-state index contributed by atoms with van der Waals surface area (Å²) in [5, 5.41) is 28.0. The molecule has 2 atom stereocenters. The molecule has 0 aromatic heterocycles. The van der Waals surface area contributed by atoms with E-state index in [-0.39, 0.29) is 12.5 Å². The molecule has 0 spiro atoms. The van der Waals surface area contributed by atoms with Gasteiger partial charge in [0.05, 0.1) is 12.6 Å². The van der Waals surface area contributed by atoms with Gasteiger partial charge in [-0.05, 0) is 60.5 Å². The maximum atomic E-state index is 12.2. The van der Waals surface area contributed by atoms with E-state index in [0.717, 1.165) is 16.7 Å². The lowest BCUT2D eigenvalue weighted by atomic mass is 10.1. The molecule has 3 aromatic carbocycles. The lowest BCUT2D eigenvalue weighted by Crippen LogP contribution is -2.48. The Hall–Kier alpha value is -4.13. The number of rotatable bonds is 10. The summed E-state index contributed by atoms with van der Waals surface area (Å²) in [6.45, 7) is 5.97. The molecule has 0 fully saturated rings. The summed E-state index contributed by atoms with van der Waals surface area (Å²) in [5.74, 6) is 5.23. The van der Waals surface area contributed by atoms with E-state index in [0.29, 0.717) is 28.5 Å². The lowest BCUT2D eigenvalue weighted by Gasteiger charge is -2.21. The van der Waals surface area contributed by atoms with Crippen LogP contribution in [0.5, 0.6) is 0 Å². The monoisotopic (exact) mass is 532 g/mol. The van der Waals surface area contributed by atoms with Gasteiger partial charge in [0.25, 0.3) is 5.91 Å². The van der Waals surface area contributed by atoms with Crippen molar-refractivity contribution in [1.82, 2.24) is 16.1 Å². The standard InChI is InChI=1S/C29H29ClN4O4/c1-19(32-28(20(2)35)29(37)34-38)23-13-9-21(10-14-23)7-8-22-11-15-25(16-12-22)33-27(36)18-31-17-24-5-3-4-6-26(24)30/h3-6,9-16,20,28,31-32,35,38H,1,17-18H2,2H3,(H,33,36)(H,34,37)/t20-,28+/m1/s1. The van der Waals surface area contributed by atoms with Crippen LogP contribution in [0.3, 0.4) is 0 Å². The minimum atomic E-state index is -1.05. The van der Waals surface area contributed by atoms with Crippen LogP contribution in [0.15, 0.2) is 79.4 Å². The number of benzene rings is 3. The van der Waals surface area contributed by atoms with Crippen LogP contribution in [0.1, 0.15) is 29.2 Å². The Balaban J connectivity index is 1.51. The van der Waals surface area contributed by atoms with E-state index in [4.69, 9.17) is 16.8 Å². The Morgan fingerprint density at radius 3 is 2.16 bits per heavy atom. The molecular formula is C29H29ClN4O4. The fourth-order valence-electron chi connectivity index (χ4n) is 3.44. The predicted octanol–water partition coefficient (Wildman–Crippen LogP) is 3.28. The summed E-state index contributed by atoms with van der Waals surface area (Å²) in [7, 11) is 0. The summed E-state index contributed by atoms with van der Waals surface area (Å²) < 4.78 is 0. The second kappa shape index (κ2) is 14.0. The van der Waals surface area contributed by atoms with Gasteiger partial charge in [-0.15, -0.1) is 0 Å². The van der Waals surface area contributed by atoms with Gasteiger partial charge in [0, 0.05) is 34.1 Å². The van der Waals surface area contributed by atoms with Crippen molar-refractivity contribution < 1.29 is 19.9 Å². The number of anilines is 1. The second-order valence-electron chi connectivity index (χ2n) is 8.47. The number of hydroxylamine groups is 1. The molecule has 3 rings (SSSR count). The van der Waals surface area contributed by atoms with Crippen LogP contribution in [0.2, 0.25) is 5.02 Å². The molecule has 8 nitrogen and oxygen atoms in total. The topological polar surface area (TPSA) is 123 Å². The van der Waals surface area contributed by atoms with Gasteiger partial charge in [0.1, 0.15) is 6.04 Å². The molecule has 0 saturated heterocycles. The minimum absolute atomic E-state index is 0.152. The number of hydrogen-bond acceptors (Lipinski definition) is 6. The van der Waals surface area contributed by atoms with Crippen molar-refractivity contribution >= 4 is 34.8 Å². The van der Waals surface area contributed by atoms with E-state index in [9.17, 15) is 14.7 Å². The first kappa shape index (κ1) is 28.4. The molecule has 38 heavy (non-hydrogen) atoms. The second-order valence-corrected chi connectivity index (χ2v) is 8.87. The van der Waals surface area contributed by atoms with Crippen molar-refractivity contribution in [3.05, 3.63) is 107 Å². The number of nitrogens with one attached hydrogen (secondary N) is 4. The normalized spacial score (nSPS) is 11.9. The van der Waals surface area contributed by atoms with E-state index < -0.39 is 18.1 Å². The quantitative estimate of drug-likeness (QED) is 0.135. The van der Waals surface area contributed by atoms with Crippen LogP contribution in [0, 0.1) is 11.8 Å². The molecule has 0 bridgehead atoms. The average Bonchev–Trinajstić information content (AvgIpc) is 2.92. The van der Waals surface area contributed by atoms with Gasteiger partial charge >= 0.3 is 0 Å². The van der Waals surface area contributed by atoms with Crippen LogP contribution < -0.4 is 21.4 Å². The SMILES string of the molecule is C=C(N[C@H](C(=O)NO)[C@@H](C)O)c1ccc(C#Cc2ccc(NC(=O)CNCc3ccccc3Cl)cc2)cc1. The summed E-state index contributed by atoms with van der Waals surface area (Å²) in [6, 6.07) is 20.8. The van der Waals surface area contributed by atoms with Crippen molar-refractivity contribution in [1.29, 1.82) is 0 Å². The smallest absolute Gasteiger partial charge is 0.268 e. The first-order chi connectivity index (χ1) is 18.3. The zero-order valence-electron chi connectivity index (χ0n) is 20.8. The van der Waals surface area contributed by atoms with Gasteiger partial charge < -0.3 is 21.1 Å². The third-order valence-electron chi connectivity index (χ3n) is 5.52. The summed E-state index contributed by atoms with van der Waals surface area (Å²) >= 11 is 6.12. The van der Waals surface area contributed by atoms with Crippen molar-refractivity contribution in [2.45, 2.75) is 25.6 Å². The van der Waals surface area contributed by atoms with Crippen molar-refractivity contribution in [3.63, 3.8) is 0 Å². The van der Waals surface area contributed by atoms with E-state index >= 15 is 0 Å². The lowest BCUT2D eigenvalue weighted by molar-refractivity contribution is -0.133. The first-order valence-corrected chi connectivity index (χ1v) is 12.2. The molecule has 0 heterocycles. The molecule has 196 valence electrons. The van der Waals surface area contributed by atoms with Gasteiger partial charge in [-0.25, -0.2) is 5.48 Å². The Kier molecular flexibility index (Phi) is 10.5. The molecule has 2 amide bonds. The first-order valence-electron chi connectivity index (χ1n) is 11.8. The largest absolute Gasteiger partial charge is 0.391 e. The zero-order chi connectivity index (χ0) is 27.5. The molecule has 0 radical (unpaired) electrons. The number of amides is 2. The Morgan fingerprint density at radius 2 is 1.58 bits per heavy atom. The minimum Gasteiger partial charge on any atom is -0.391 e. The Morgan fingerprint density at radius 1 is 0.974 bits per heavy atom. The van der Waals surface area contributed by atoms with E-state index in [1.54, 1.807) is 24.3 Å². The maximum absolute atomic E-state index is 12.2. The highest BCUT2D eigenvalue weighted by Crippen LogP contribution is 2.15. The number of halogens is 1. The van der Waals surface area contributed by atoms with Crippen molar-refractivity contribution in [2.75, 3.05) is 11.9 Å². The number of carbonyl (C=O) groups is 2. The fraction of sp³-hybridized carbons (Fsp3) is 0.172. The highest BCUT2D eigenvalue weighted by Gasteiger charge is 2.23. The third kappa shape index (κ3) is 8.47. The molecule has 6 N–H and O–H groups in total. The highest BCUT2D eigenvalue weighted by molar-refractivity contribution is 6.31. The number of carbonyl (C=O) groups excluding carboxylic acids is 2. The highest BCUT2D eigenvalue weighted by atomic mass is 35.5. The number of hydrogen-bond donors (Lipinski definition) is 6. The van der Waals surface area contributed by atoms with Gasteiger partial charge in [-0.2, -0.15) is 0 Å². The van der Waals surface area contributed by atoms with Gasteiger partial charge in [-0.1, -0.05) is 60.4 Å². The van der Waals surface area contributed by atoms with Gasteiger partial charge in [0.2, 0.25) is 5.91 Å². The third-order valence-corrected chi connectivity index (χ3v) is 5.89. The van der Waals surface area contributed by atoms with E-state index in [1.165, 1.54) is 12.4 Å². The van der Waals surface area contributed by atoms with Gasteiger partial charge in [-0.3, -0.25) is 14.8 Å². The van der Waals surface area contributed by atoms with E-state index in [2.05, 4.69) is 34.4 Å². The molecule has 0 aliphatic heterocycles. The zero-order valence-corrected chi connectivity index (χ0v) is 21.5. The Labute approximate surface area is 226 Å². The van der Waals surface area contributed by atoms with Crippen LogP contribution in [0.4, 0.5) is 5.69 Å². The molecule has 0 aliphatic rings. The molecule has 0 unspecified atom stereocenters. The summed E-state index contributed by atoms with van der Waals surface area (Å²) in [5.41, 5.74) is 5.78. The van der Waals surface area contributed by atoms with Crippen molar-refractivity contribution in [3.8, 4) is 11.8 Å². The summed E-state index contributed by atoms with van der Waals surface area (Å²) in [6.07, 6.45) is -1.04. The molecular weight excluding hydrogens is 504 g/mol. The Bertz CT molecular complexity index is 1330. The van der Waals surface area contributed by atoms with Crippen LogP contribution in [-0.2, 0) is 16.1 Å². The van der Waals surface area contributed by atoms with Gasteiger partial charge in [0.15, 0.2) is 0 Å². The average molecular weight is 533 g/mol. The van der Waals surface area contributed by atoms with Crippen LogP contribution in [-0.4, -0.2) is 40.8 Å². The molecule has 3 aromatic rings. The summed E-state index contributed by atoms with van der Waals surface area (Å²) in [4.78, 5) is 23.9. The molecule has 9 heteroatoms. The van der Waals surface area contributed by atoms with Crippen molar-refractivity contribution in [2.24, 2.45) is 0 Å². The number of aliphatic hydroxyl groups is 1.